The van der Waals surface area contributed by atoms with Crippen molar-refractivity contribution in [1.29, 1.82) is 0 Å². The van der Waals surface area contributed by atoms with E-state index in [0.717, 1.165) is 23.4 Å². The highest BCUT2D eigenvalue weighted by atomic mass is 16.5. The van der Waals surface area contributed by atoms with Gasteiger partial charge >= 0.3 is 0 Å². The molecule has 6 heteroatoms. The zero-order valence-electron chi connectivity index (χ0n) is 12.5. The predicted molar refractivity (Wildman–Crippen MR) is 84.0 cm³/mol. The number of carbonyl (C=O) groups excluding carboxylic acids is 1. The number of ether oxygens (including phenoxy) is 1. The lowest BCUT2D eigenvalue weighted by Gasteiger charge is -2.25. The number of rotatable bonds is 3. The molecule has 3 heterocycles. The number of carbonyl (C=O) groups is 1. The smallest absolute Gasteiger partial charge is 0.261 e. The van der Waals surface area contributed by atoms with Crippen LogP contribution in [0.25, 0.3) is 5.65 Å². The van der Waals surface area contributed by atoms with Crippen LogP contribution in [-0.4, -0.2) is 26.6 Å². The molecule has 0 unspecified atom stereocenters. The van der Waals surface area contributed by atoms with Crippen molar-refractivity contribution >= 4 is 11.6 Å². The fraction of sp³-hybridized carbons (Fsp3) is 0.235. The number of fused-ring (bicyclic) bond motifs is 2. The number of pyridine rings is 1. The summed E-state index contributed by atoms with van der Waals surface area (Å²) in [6.45, 7) is 0.325. The first kappa shape index (κ1) is 13.8. The molecule has 1 aromatic carbocycles. The number of hydrogen-bond acceptors (Lipinski definition) is 4. The van der Waals surface area contributed by atoms with Gasteiger partial charge in [-0.2, -0.15) is 0 Å². The second kappa shape index (κ2) is 5.72. The Bertz CT molecular complexity index is 858. The van der Waals surface area contributed by atoms with E-state index in [-0.39, 0.29) is 5.91 Å². The highest BCUT2D eigenvalue weighted by Gasteiger charge is 2.25. The first-order chi connectivity index (χ1) is 11.3. The summed E-state index contributed by atoms with van der Waals surface area (Å²) in [5.41, 5.74) is 1.92. The van der Waals surface area contributed by atoms with Gasteiger partial charge in [-0.1, -0.05) is 24.3 Å². The van der Waals surface area contributed by atoms with Crippen LogP contribution in [0.4, 0.5) is 0 Å². The minimum Gasteiger partial charge on any atom is -0.480 e. The highest BCUT2D eigenvalue weighted by Crippen LogP contribution is 2.27. The first-order valence-electron chi connectivity index (χ1n) is 7.62. The predicted octanol–water partition coefficient (Wildman–Crippen LogP) is 1.74. The van der Waals surface area contributed by atoms with Crippen molar-refractivity contribution in [2.24, 2.45) is 0 Å². The molecule has 1 N–H and O–H groups in total. The Hall–Kier alpha value is -2.89. The maximum Gasteiger partial charge on any atom is 0.261 e. The molecule has 0 saturated carbocycles. The number of benzene rings is 1. The standard InChI is InChI=1S/C17H16N4O2/c22-17(14-9-8-12-5-1-2-6-13(12)23-14)18-11-16-20-19-15-7-3-4-10-21(15)16/h1-7,10,14H,8-9,11H2,(H,18,22)/t14-/m0/s1. The summed E-state index contributed by atoms with van der Waals surface area (Å²) in [6, 6.07) is 13.5. The van der Waals surface area contributed by atoms with Crippen molar-refractivity contribution < 1.29 is 9.53 Å². The van der Waals surface area contributed by atoms with E-state index < -0.39 is 6.10 Å². The van der Waals surface area contributed by atoms with Gasteiger partial charge in [-0.05, 0) is 36.6 Å². The monoisotopic (exact) mass is 308 g/mol. The zero-order chi connectivity index (χ0) is 15.6. The summed E-state index contributed by atoms with van der Waals surface area (Å²) >= 11 is 0. The third-order valence-electron chi connectivity index (χ3n) is 4.02. The molecule has 1 atom stereocenters. The van der Waals surface area contributed by atoms with Gasteiger partial charge < -0.3 is 10.1 Å². The topological polar surface area (TPSA) is 68.5 Å². The molecule has 2 aromatic heterocycles. The molecule has 0 radical (unpaired) electrons. The van der Waals surface area contributed by atoms with Crippen molar-refractivity contribution in [3.8, 4) is 5.75 Å². The van der Waals surface area contributed by atoms with Gasteiger partial charge in [-0.3, -0.25) is 9.20 Å². The van der Waals surface area contributed by atoms with Crippen LogP contribution in [0.1, 0.15) is 17.8 Å². The molecular formula is C17H16N4O2. The van der Waals surface area contributed by atoms with E-state index in [1.807, 2.05) is 53.1 Å². The largest absolute Gasteiger partial charge is 0.480 e. The molecule has 0 bridgehead atoms. The average Bonchev–Trinajstić information content (AvgIpc) is 3.02. The second-order valence-corrected chi connectivity index (χ2v) is 5.52. The molecule has 0 fully saturated rings. The number of amides is 1. The maximum absolute atomic E-state index is 12.3. The molecule has 4 rings (SSSR count). The zero-order valence-corrected chi connectivity index (χ0v) is 12.5. The normalized spacial score (nSPS) is 16.6. The Labute approximate surface area is 133 Å². The second-order valence-electron chi connectivity index (χ2n) is 5.52. The number of para-hydroxylation sites is 1. The maximum atomic E-state index is 12.3. The molecule has 1 amide bonds. The Morgan fingerprint density at radius 2 is 2.09 bits per heavy atom. The molecule has 3 aromatic rings. The Morgan fingerprint density at radius 1 is 1.22 bits per heavy atom. The number of aromatic nitrogens is 3. The third kappa shape index (κ3) is 2.63. The quantitative estimate of drug-likeness (QED) is 0.800. The molecule has 6 nitrogen and oxygen atoms in total. The van der Waals surface area contributed by atoms with Gasteiger partial charge in [0.15, 0.2) is 17.6 Å². The minimum atomic E-state index is -0.455. The van der Waals surface area contributed by atoms with Crippen LogP contribution in [0.3, 0.4) is 0 Å². The van der Waals surface area contributed by atoms with Gasteiger partial charge in [0.05, 0.1) is 6.54 Å². The molecule has 0 spiro atoms. The summed E-state index contributed by atoms with van der Waals surface area (Å²) in [7, 11) is 0. The Kier molecular flexibility index (Phi) is 3.42. The van der Waals surface area contributed by atoms with E-state index in [0.29, 0.717) is 18.8 Å². The van der Waals surface area contributed by atoms with Crippen LogP contribution in [0.15, 0.2) is 48.7 Å². The Morgan fingerprint density at radius 3 is 3.04 bits per heavy atom. The lowest BCUT2D eigenvalue weighted by Crippen LogP contribution is -2.40. The minimum absolute atomic E-state index is 0.118. The highest BCUT2D eigenvalue weighted by molar-refractivity contribution is 5.81. The van der Waals surface area contributed by atoms with Crippen LogP contribution in [0.2, 0.25) is 0 Å². The van der Waals surface area contributed by atoms with E-state index in [4.69, 9.17) is 4.74 Å². The molecule has 23 heavy (non-hydrogen) atoms. The van der Waals surface area contributed by atoms with Crippen molar-refractivity contribution in [3.63, 3.8) is 0 Å². The van der Waals surface area contributed by atoms with Crippen molar-refractivity contribution in [3.05, 3.63) is 60.0 Å². The van der Waals surface area contributed by atoms with Gasteiger partial charge in [-0.25, -0.2) is 0 Å². The van der Waals surface area contributed by atoms with Gasteiger partial charge in [0.25, 0.3) is 5.91 Å². The first-order valence-corrected chi connectivity index (χ1v) is 7.62. The van der Waals surface area contributed by atoms with Gasteiger partial charge in [-0.15, -0.1) is 10.2 Å². The van der Waals surface area contributed by atoms with Crippen LogP contribution in [0.5, 0.6) is 5.75 Å². The molecule has 0 saturated heterocycles. The number of nitrogens with one attached hydrogen (secondary N) is 1. The van der Waals surface area contributed by atoms with Gasteiger partial charge in [0.2, 0.25) is 0 Å². The number of hydrogen-bond donors (Lipinski definition) is 1. The summed E-state index contributed by atoms with van der Waals surface area (Å²) < 4.78 is 7.65. The van der Waals surface area contributed by atoms with E-state index >= 15 is 0 Å². The van der Waals surface area contributed by atoms with Crippen molar-refractivity contribution in [2.45, 2.75) is 25.5 Å². The van der Waals surface area contributed by atoms with E-state index in [1.165, 1.54) is 0 Å². The summed E-state index contributed by atoms with van der Waals surface area (Å²) in [4.78, 5) is 12.3. The van der Waals surface area contributed by atoms with E-state index in [2.05, 4.69) is 15.5 Å². The van der Waals surface area contributed by atoms with Gasteiger partial charge in [0, 0.05) is 6.20 Å². The number of aryl methyl sites for hydroxylation is 1. The molecule has 0 aliphatic carbocycles. The van der Waals surface area contributed by atoms with Crippen LogP contribution in [-0.2, 0) is 17.8 Å². The average molecular weight is 308 g/mol. The molecule has 1 aliphatic heterocycles. The van der Waals surface area contributed by atoms with Crippen LogP contribution in [0, 0.1) is 0 Å². The lowest BCUT2D eigenvalue weighted by molar-refractivity contribution is -0.128. The molecular weight excluding hydrogens is 292 g/mol. The fourth-order valence-electron chi connectivity index (χ4n) is 2.80. The number of nitrogens with zero attached hydrogens (tertiary/aromatic N) is 3. The molecule has 1 aliphatic rings. The SMILES string of the molecule is O=C(NCc1nnc2ccccn12)[C@@H]1CCc2ccccc2O1. The third-order valence-corrected chi connectivity index (χ3v) is 4.02. The summed E-state index contributed by atoms with van der Waals surface area (Å²) in [6.07, 6.45) is 2.96. The van der Waals surface area contributed by atoms with Gasteiger partial charge in [0.1, 0.15) is 5.75 Å². The van der Waals surface area contributed by atoms with Crippen LogP contribution < -0.4 is 10.1 Å². The lowest BCUT2D eigenvalue weighted by atomic mass is 10.0. The van der Waals surface area contributed by atoms with E-state index in [1.54, 1.807) is 0 Å². The van der Waals surface area contributed by atoms with Crippen molar-refractivity contribution in [1.82, 2.24) is 19.9 Å². The van der Waals surface area contributed by atoms with Crippen LogP contribution >= 0.6 is 0 Å². The fourth-order valence-corrected chi connectivity index (χ4v) is 2.80. The molecule has 116 valence electrons. The summed E-state index contributed by atoms with van der Waals surface area (Å²) in [5, 5.41) is 11.1. The van der Waals surface area contributed by atoms with Crippen molar-refractivity contribution in [2.75, 3.05) is 0 Å². The Balaban J connectivity index is 1.43. The van der Waals surface area contributed by atoms with E-state index in [9.17, 15) is 4.79 Å². The summed E-state index contributed by atoms with van der Waals surface area (Å²) in [5.74, 6) is 1.38.